The van der Waals surface area contributed by atoms with Crippen LogP contribution in [0, 0.1) is 10.8 Å². The van der Waals surface area contributed by atoms with E-state index in [0.717, 1.165) is 84.6 Å². The van der Waals surface area contributed by atoms with Crippen LogP contribution in [0.2, 0.25) is 0 Å². The van der Waals surface area contributed by atoms with E-state index >= 15 is 0 Å². The lowest BCUT2D eigenvalue weighted by atomic mass is 9.92. The van der Waals surface area contributed by atoms with Gasteiger partial charge in [0.25, 0.3) is 0 Å². The molecule has 0 saturated carbocycles. The normalized spacial score (nSPS) is 20.4. The molecule has 7 rings (SSSR count). The number of amidine groups is 2. The number of rotatable bonds is 12. The third-order valence-electron chi connectivity index (χ3n) is 10.3. The number of aliphatic imine (C=N–C) groups is 2. The number of pyridine rings is 2. The lowest BCUT2D eigenvalue weighted by molar-refractivity contribution is -0.148. The summed E-state index contributed by atoms with van der Waals surface area (Å²) in [5.41, 5.74) is 10.0. The highest BCUT2D eigenvalue weighted by Crippen LogP contribution is 2.45. The van der Waals surface area contributed by atoms with Crippen molar-refractivity contribution in [2.24, 2.45) is 20.8 Å². The Labute approximate surface area is 318 Å². The van der Waals surface area contributed by atoms with Gasteiger partial charge in [0.05, 0.1) is 47.4 Å². The zero-order valence-corrected chi connectivity index (χ0v) is 33.2. The molecule has 2 aliphatic carbocycles. The van der Waals surface area contributed by atoms with Gasteiger partial charge in [-0.25, -0.2) is 0 Å². The van der Waals surface area contributed by atoms with E-state index in [-0.39, 0.29) is 47.8 Å². The maximum absolute atomic E-state index is 12.6. The van der Waals surface area contributed by atoms with Gasteiger partial charge in [0.15, 0.2) is 0 Å². The van der Waals surface area contributed by atoms with E-state index in [0.29, 0.717) is 25.9 Å². The Kier molecular flexibility index (Phi) is 10.3. The average Bonchev–Trinajstić information content (AvgIpc) is 3.99. The molecule has 1 unspecified atom stereocenters. The Balaban J connectivity index is 1.08. The smallest absolute Gasteiger partial charge is 0.306 e. The standard InChI is InChI=1S/C42H54N8O4/c1-9-43-39-27(11-13-49(39)37-29-15-25(29)19-45-33(37)23-53-35(51)17-41(3,4)5)31-21-48-32(22-47-31)28-12-14-50(40(28)44-10-2)38-30-16-26(30)20-46-34(38)24-54-36(52)18-42(6,7)8/h19-22,27-28H,9-18,23-24H2,1-8H3/t27-,28?/m1/s1. The van der Waals surface area contributed by atoms with Crippen molar-refractivity contribution in [3.63, 3.8) is 0 Å². The topological polar surface area (TPSA) is 135 Å². The first kappa shape index (κ1) is 37.6. The highest BCUT2D eigenvalue weighted by Gasteiger charge is 2.40. The molecule has 0 spiro atoms. The van der Waals surface area contributed by atoms with Crippen LogP contribution in [0.3, 0.4) is 0 Å². The van der Waals surface area contributed by atoms with Crippen molar-refractivity contribution in [3.05, 3.63) is 69.8 Å². The molecule has 2 fully saturated rings. The largest absolute Gasteiger partial charge is 0.459 e. The number of carbonyl (C=O) groups excluding carboxylic acids is 2. The number of nitrogens with zero attached hydrogens (tertiary/aromatic N) is 8. The molecule has 12 heteroatoms. The number of esters is 2. The van der Waals surface area contributed by atoms with Gasteiger partial charge in [0.2, 0.25) is 0 Å². The van der Waals surface area contributed by atoms with E-state index < -0.39 is 0 Å². The SMILES string of the molecule is CCN=C1C(c2cnc([C@H]3CCN(c4c(COC(=O)CC(C)(C)C)ncc5c4C5)C3=NCC)cn2)CCN1c1c(COC(=O)CC(C)(C)C)ncc2c1C2. The number of hydrogen-bond acceptors (Lipinski definition) is 10. The minimum absolute atomic E-state index is 0.0183. The van der Waals surface area contributed by atoms with E-state index in [1.54, 1.807) is 0 Å². The quantitative estimate of drug-likeness (QED) is 0.125. The molecule has 2 saturated heterocycles. The van der Waals surface area contributed by atoms with Gasteiger partial charge in [-0.15, -0.1) is 0 Å². The summed E-state index contributed by atoms with van der Waals surface area (Å²) in [6.07, 6.45) is 11.8. The fraction of sp³-hybridized carbons (Fsp3) is 0.571. The second kappa shape index (κ2) is 14.8. The molecule has 0 radical (unpaired) electrons. The number of hydrogen-bond donors (Lipinski definition) is 0. The predicted molar refractivity (Wildman–Crippen MR) is 209 cm³/mol. The van der Waals surface area contributed by atoms with Gasteiger partial charge < -0.3 is 19.3 Å². The van der Waals surface area contributed by atoms with Crippen LogP contribution in [0.4, 0.5) is 11.4 Å². The predicted octanol–water partition coefficient (Wildman–Crippen LogP) is 6.86. The molecule has 0 bridgehead atoms. The summed E-state index contributed by atoms with van der Waals surface area (Å²) in [5, 5.41) is 0. The molecule has 0 amide bonds. The van der Waals surface area contributed by atoms with E-state index in [2.05, 4.69) is 23.6 Å². The molecule has 3 aromatic heterocycles. The number of aromatic nitrogens is 4. The van der Waals surface area contributed by atoms with E-state index in [9.17, 15) is 9.59 Å². The highest BCUT2D eigenvalue weighted by molar-refractivity contribution is 6.06. The van der Waals surface area contributed by atoms with E-state index in [1.807, 2.05) is 66.3 Å². The molecule has 54 heavy (non-hydrogen) atoms. The van der Waals surface area contributed by atoms with Crippen LogP contribution < -0.4 is 9.80 Å². The van der Waals surface area contributed by atoms with Gasteiger partial charge in [-0.2, -0.15) is 0 Å². The van der Waals surface area contributed by atoms with Gasteiger partial charge >= 0.3 is 11.9 Å². The minimum Gasteiger partial charge on any atom is -0.459 e. The van der Waals surface area contributed by atoms with Gasteiger partial charge in [0.1, 0.15) is 36.3 Å². The molecular weight excluding hydrogens is 681 g/mol. The number of anilines is 2. The molecule has 3 aromatic rings. The maximum atomic E-state index is 12.6. The second-order valence-corrected chi connectivity index (χ2v) is 17.3. The van der Waals surface area contributed by atoms with Gasteiger partial charge in [-0.3, -0.25) is 39.5 Å². The Hall–Kier alpha value is -4.74. The van der Waals surface area contributed by atoms with Crippen LogP contribution in [-0.4, -0.2) is 69.7 Å². The first-order valence-corrected chi connectivity index (χ1v) is 19.5. The highest BCUT2D eigenvalue weighted by atomic mass is 16.5. The van der Waals surface area contributed by atoms with Crippen LogP contribution in [0.15, 0.2) is 34.8 Å². The van der Waals surface area contributed by atoms with Crippen LogP contribution in [0.1, 0.15) is 138 Å². The zero-order chi connectivity index (χ0) is 38.4. The Bertz CT molecular complexity index is 1850. The van der Waals surface area contributed by atoms with Crippen molar-refractivity contribution < 1.29 is 19.1 Å². The molecule has 0 aromatic carbocycles. The molecule has 4 aliphatic rings. The molecule has 286 valence electrons. The summed E-state index contributed by atoms with van der Waals surface area (Å²) in [4.78, 5) is 59.4. The van der Waals surface area contributed by atoms with Crippen LogP contribution in [0.25, 0.3) is 0 Å². The van der Waals surface area contributed by atoms with Crippen molar-refractivity contribution >= 4 is 35.0 Å². The van der Waals surface area contributed by atoms with Crippen LogP contribution in [0.5, 0.6) is 0 Å². The summed E-state index contributed by atoms with van der Waals surface area (Å²) in [6, 6.07) is 0. The van der Waals surface area contributed by atoms with E-state index in [1.165, 1.54) is 22.3 Å². The number of fused-ring (bicyclic) bond motifs is 2. The van der Waals surface area contributed by atoms with Crippen molar-refractivity contribution in [1.82, 2.24) is 19.9 Å². The third kappa shape index (κ3) is 8.17. The monoisotopic (exact) mass is 734 g/mol. The molecular formula is C42H54N8O4. The molecule has 5 heterocycles. The van der Waals surface area contributed by atoms with Crippen LogP contribution in [-0.2, 0) is 45.1 Å². The minimum atomic E-state index is -0.217. The van der Waals surface area contributed by atoms with Crippen molar-refractivity contribution in [2.45, 2.75) is 119 Å². The van der Waals surface area contributed by atoms with Gasteiger partial charge in [-0.05, 0) is 59.8 Å². The molecule has 2 atom stereocenters. The number of carbonyl (C=O) groups is 2. The number of ether oxygens (including phenoxy) is 2. The van der Waals surface area contributed by atoms with Crippen LogP contribution >= 0.6 is 0 Å². The van der Waals surface area contributed by atoms with Crippen molar-refractivity contribution in [1.29, 1.82) is 0 Å². The first-order valence-electron chi connectivity index (χ1n) is 19.5. The fourth-order valence-electron chi connectivity index (χ4n) is 7.72. The van der Waals surface area contributed by atoms with Crippen molar-refractivity contribution in [2.75, 3.05) is 36.0 Å². The Morgan fingerprint density at radius 3 is 1.43 bits per heavy atom. The lowest BCUT2D eigenvalue weighted by Gasteiger charge is -2.24. The second-order valence-electron chi connectivity index (χ2n) is 17.3. The zero-order valence-electron chi connectivity index (χ0n) is 33.2. The summed E-state index contributed by atoms with van der Waals surface area (Å²) in [7, 11) is 0. The third-order valence-corrected chi connectivity index (χ3v) is 10.3. The maximum Gasteiger partial charge on any atom is 0.306 e. The van der Waals surface area contributed by atoms with Gasteiger partial charge in [0, 0.05) is 63.8 Å². The van der Waals surface area contributed by atoms with E-state index in [4.69, 9.17) is 39.4 Å². The average molecular weight is 735 g/mol. The Morgan fingerprint density at radius 1 is 0.667 bits per heavy atom. The summed E-state index contributed by atoms with van der Waals surface area (Å²) in [5.74, 6) is 1.44. The van der Waals surface area contributed by atoms with Crippen molar-refractivity contribution in [3.8, 4) is 0 Å². The van der Waals surface area contributed by atoms with Gasteiger partial charge in [-0.1, -0.05) is 41.5 Å². The first-order chi connectivity index (χ1) is 25.7. The fourth-order valence-corrected chi connectivity index (χ4v) is 7.72. The lowest BCUT2D eigenvalue weighted by Crippen LogP contribution is -2.30. The summed E-state index contributed by atoms with van der Waals surface area (Å²) in [6.45, 7) is 19.4. The Morgan fingerprint density at radius 2 is 1.07 bits per heavy atom. The molecule has 12 nitrogen and oxygen atoms in total. The summed E-state index contributed by atoms with van der Waals surface area (Å²) < 4.78 is 11.5. The summed E-state index contributed by atoms with van der Waals surface area (Å²) >= 11 is 0. The molecule has 2 aliphatic heterocycles. The molecule has 0 N–H and O–H groups in total.